The van der Waals surface area contributed by atoms with Crippen LogP contribution in [0.2, 0.25) is 0 Å². The molecule has 1 aromatic heterocycles. The highest BCUT2D eigenvalue weighted by atomic mass is 127. The van der Waals surface area contributed by atoms with Gasteiger partial charge in [0.05, 0.1) is 6.26 Å². The third-order valence-corrected chi connectivity index (χ3v) is 3.26. The Bertz CT molecular complexity index is 440. The fourth-order valence-corrected chi connectivity index (χ4v) is 2.56. The number of ketones is 1. The number of carbonyl (C=O) groups excluding carboxylic acids is 1. The van der Waals surface area contributed by atoms with Crippen molar-refractivity contribution < 1.29 is 14.3 Å². The summed E-state index contributed by atoms with van der Waals surface area (Å²) in [5.74, 6) is 0.357. The van der Waals surface area contributed by atoms with Crippen LogP contribution in [0, 0.1) is 0 Å². The number of carbonyl (C=O) groups is 1. The number of hydrogen-bond acceptors (Lipinski definition) is 3. The molecule has 0 aliphatic heterocycles. The minimum Gasteiger partial charge on any atom is -0.466 e. The van der Waals surface area contributed by atoms with Crippen molar-refractivity contribution in [2.45, 2.75) is 30.7 Å². The quantitative estimate of drug-likeness (QED) is 0.409. The van der Waals surface area contributed by atoms with Crippen LogP contribution in [0.4, 0.5) is 0 Å². The van der Waals surface area contributed by atoms with Crippen LogP contribution in [-0.2, 0) is 4.79 Å². The second-order valence-corrected chi connectivity index (χ2v) is 6.29. The molecule has 0 aliphatic carbocycles. The molecule has 0 spiro atoms. The summed E-state index contributed by atoms with van der Waals surface area (Å²) in [7, 11) is 0. The van der Waals surface area contributed by atoms with E-state index in [-0.39, 0.29) is 11.2 Å². The molecule has 2 atom stereocenters. The predicted octanol–water partition coefficient (Wildman–Crippen LogP) is 4.16. The van der Waals surface area contributed by atoms with E-state index in [1.807, 2.05) is 0 Å². The molecule has 1 N–H and O–H groups in total. The average Bonchev–Trinajstić information content (AvgIpc) is 2.86. The van der Waals surface area contributed by atoms with Crippen molar-refractivity contribution in [3.05, 3.63) is 46.5 Å². The van der Waals surface area contributed by atoms with Gasteiger partial charge in [-0.1, -0.05) is 6.58 Å². The Morgan fingerprint density at radius 3 is 2.95 bits per heavy atom. The van der Waals surface area contributed by atoms with E-state index in [1.165, 1.54) is 18.4 Å². The lowest BCUT2D eigenvalue weighted by atomic mass is 10.1. The highest BCUT2D eigenvalue weighted by Gasteiger charge is 2.09. The third-order valence-electron chi connectivity index (χ3n) is 2.45. The van der Waals surface area contributed by atoms with E-state index in [0.717, 1.165) is 3.58 Å². The summed E-state index contributed by atoms with van der Waals surface area (Å²) in [5.41, 5.74) is 0. The van der Waals surface area contributed by atoms with E-state index < -0.39 is 6.10 Å². The number of aliphatic hydroxyl groups is 1. The zero-order chi connectivity index (χ0) is 14.3. The predicted molar refractivity (Wildman–Crippen MR) is 84.5 cm³/mol. The molecular weight excluding hydrogens is 379 g/mol. The average molecular weight is 395 g/mol. The van der Waals surface area contributed by atoms with E-state index in [4.69, 9.17) is 16.0 Å². The number of hydrogen-bond donors (Lipinski definition) is 1. The third kappa shape index (κ3) is 6.94. The van der Waals surface area contributed by atoms with Crippen LogP contribution in [0.5, 0.6) is 0 Å². The lowest BCUT2D eigenvalue weighted by Crippen LogP contribution is -2.03. The van der Waals surface area contributed by atoms with Gasteiger partial charge in [0.15, 0.2) is 5.78 Å². The van der Waals surface area contributed by atoms with Gasteiger partial charge in [-0.2, -0.15) is 0 Å². The fourth-order valence-electron chi connectivity index (χ4n) is 1.48. The molecule has 0 fully saturated rings. The van der Waals surface area contributed by atoms with E-state index >= 15 is 0 Å². The summed E-state index contributed by atoms with van der Waals surface area (Å²) in [6, 6.07) is 3.34. The first-order valence-corrected chi connectivity index (χ1v) is 7.40. The fraction of sp³-hybridized carbons (Fsp3) is 0.357. The second-order valence-electron chi connectivity index (χ2n) is 4.14. The van der Waals surface area contributed by atoms with E-state index in [0.29, 0.717) is 25.0 Å². The summed E-state index contributed by atoms with van der Waals surface area (Å²) in [5, 5.41) is 9.61. The van der Waals surface area contributed by atoms with Crippen LogP contribution in [-0.4, -0.2) is 16.3 Å². The molecule has 1 aromatic rings. The second kappa shape index (κ2) is 8.55. The van der Waals surface area contributed by atoms with Crippen LogP contribution < -0.4 is 0 Å². The molecule has 0 amide bonds. The Balaban J connectivity index is 2.33. The normalized spacial score (nSPS) is 14.5. The molecular formula is C14H16ClIO3. The number of aliphatic hydroxyl groups excluding tert-OH is 1. The molecule has 0 aromatic carbocycles. The summed E-state index contributed by atoms with van der Waals surface area (Å²) < 4.78 is 6.01. The SMILES string of the molecule is C=C(I)C[C@H](Cl)CCC(=O)/C=C/C(O)c1ccco1. The summed E-state index contributed by atoms with van der Waals surface area (Å²) in [6.45, 7) is 3.77. The molecule has 1 unspecified atom stereocenters. The number of halogens is 2. The minimum absolute atomic E-state index is 0.0599. The lowest BCUT2D eigenvalue weighted by molar-refractivity contribution is -0.114. The van der Waals surface area contributed by atoms with Gasteiger partial charge in [0.2, 0.25) is 0 Å². The largest absolute Gasteiger partial charge is 0.466 e. The molecule has 1 heterocycles. The molecule has 5 heteroatoms. The molecule has 0 saturated heterocycles. The highest BCUT2D eigenvalue weighted by Crippen LogP contribution is 2.19. The number of allylic oxidation sites excluding steroid dienone is 2. The maximum atomic E-state index is 11.6. The Morgan fingerprint density at radius 2 is 2.37 bits per heavy atom. The Hall–Kier alpha value is -0.590. The van der Waals surface area contributed by atoms with Gasteiger partial charge in [0.1, 0.15) is 11.9 Å². The first-order valence-electron chi connectivity index (χ1n) is 5.89. The topological polar surface area (TPSA) is 50.4 Å². The molecule has 0 radical (unpaired) electrons. The van der Waals surface area contributed by atoms with Gasteiger partial charge < -0.3 is 9.52 Å². The summed E-state index contributed by atoms with van der Waals surface area (Å²) in [4.78, 5) is 11.6. The van der Waals surface area contributed by atoms with Crippen molar-refractivity contribution in [2.75, 3.05) is 0 Å². The molecule has 0 bridgehead atoms. The van der Waals surface area contributed by atoms with Crippen LogP contribution in [0.25, 0.3) is 0 Å². The van der Waals surface area contributed by atoms with Crippen molar-refractivity contribution in [2.24, 2.45) is 0 Å². The summed E-state index contributed by atoms with van der Waals surface area (Å²) >= 11 is 8.18. The van der Waals surface area contributed by atoms with Gasteiger partial charge in [-0.15, -0.1) is 11.6 Å². The van der Waals surface area contributed by atoms with Crippen LogP contribution in [0.3, 0.4) is 0 Å². The number of alkyl halides is 1. The monoisotopic (exact) mass is 394 g/mol. The molecule has 1 rings (SSSR count). The van der Waals surface area contributed by atoms with E-state index in [1.54, 1.807) is 12.1 Å². The minimum atomic E-state index is -0.889. The molecule has 3 nitrogen and oxygen atoms in total. The van der Waals surface area contributed by atoms with Crippen molar-refractivity contribution in [1.29, 1.82) is 0 Å². The van der Waals surface area contributed by atoms with Crippen molar-refractivity contribution in [1.82, 2.24) is 0 Å². The lowest BCUT2D eigenvalue weighted by Gasteiger charge is -2.06. The maximum absolute atomic E-state index is 11.6. The first kappa shape index (κ1) is 16.5. The zero-order valence-electron chi connectivity index (χ0n) is 10.4. The van der Waals surface area contributed by atoms with Gasteiger partial charge in [-0.3, -0.25) is 4.79 Å². The Kier molecular flexibility index (Phi) is 7.41. The van der Waals surface area contributed by atoms with E-state index in [2.05, 4.69) is 29.2 Å². The van der Waals surface area contributed by atoms with Crippen molar-refractivity contribution in [3.8, 4) is 0 Å². The number of rotatable bonds is 8. The molecule has 0 saturated carbocycles. The van der Waals surface area contributed by atoms with Crippen LogP contribution >= 0.6 is 34.2 Å². The zero-order valence-corrected chi connectivity index (χ0v) is 13.3. The van der Waals surface area contributed by atoms with Gasteiger partial charge in [-0.05, 0) is 63.3 Å². The molecule has 19 heavy (non-hydrogen) atoms. The first-order chi connectivity index (χ1) is 8.99. The van der Waals surface area contributed by atoms with Crippen LogP contribution in [0.1, 0.15) is 31.1 Å². The Morgan fingerprint density at radius 1 is 1.63 bits per heavy atom. The molecule has 104 valence electrons. The van der Waals surface area contributed by atoms with Crippen molar-refractivity contribution in [3.63, 3.8) is 0 Å². The van der Waals surface area contributed by atoms with Gasteiger partial charge >= 0.3 is 0 Å². The van der Waals surface area contributed by atoms with Gasteiger partial charge in [0, 0.05) is 11.8 Å². The smallest absolute Gasteiger partial charge is 0.155 e. The summed E-state index contributed by atoms with van der Waals surface area (Å²) in [6.07, 6.45) is 5.04. The van der Waals surface area contributed by atoms with Crippen LogP contribution in [0.15, 0.2) is 45.1 Å². The standard InChI is InChI=1S/C14H16ClIO3/c1-10(16)9-11(15)4-5-12(17)6-7-13(18)14-3-2-8-19-14/h2-3,6-8,11,13,18H,1,4-5,9H2/b7-6+/t11-,13?/m1/s1. The van der Waals surface area contributed by atoms with Gasteiger partial charge in [0.25, 0.3) is 0 Å². The highest BCUT2D eigenvalue weighted by molar-refractivity contribution is 14.1. The number of furan rings is 1. The van der Waals surface area contributed by atoms with Crippen molar-refractivity contribution >= 4 is 40.0 Å². The Labute approximate surface area is 131 Å². The maximum Gasteiger partial charge on any atom is 0.155 e. The molecule has 0 aliphatic rings. The van der Waals surface area contributed by atoms with Gasteiger partial charge in [-0.25, -0.2) is 0 Å². The van der Waals surface area contributed by atoms with E-state index in [9.17, 15) is 9.90 Å².